The van der Waals surface area contributed by atoms with Crippen LogP contribution in [-0.4, -0.2) is 47.8 Å². The number of likely N-dealkylation sites (N-methyl/N-ethyl adjacent to an activating group) is 1. The number of nitrogens with one attached hydrogen (secondary N) is 2. The molecule has 3 aromatic rings. The number of urea groups is 1. The summed E-state index contributed by atoms with van der Waals surface area (Å²) in [7, 11) is 1.59. The zero-order valence-electron chi connectivity index (χ0n) is 19.7. The molecule has 7 nitrogen and oxygen atoms in total. The molecule has 182 valence electrons. The number of carbonyl (C=O) groups is 3. The number of benzene rings is 3. The van der Waals surface area contributed by atoms with E-state index in [9.17, 15) is 18.8 Å². The SMILES string of the molecule is CN1C(=O)N[C@@H](c2ccc(F)cc2)C2=C1CN(CC(=O)Nc1ccccc1Cc1ccccc1)C2=O. The van der Waals surface area contributed by atoms with E-state index in [0.29, 0.717) is 28.9 Å². The zero-order chi connectivity index (χ0) is 25.2. The molecular weight excluding hydrogens is 459 g/mol. The Morgan fingerprint density at radius 1 is 1.00 bits per heavy atom. The topological polar surface area (TPSA) is 81.8 Å². The monoisotopic (exact) mass is 484 g/mol. The second kappa shape index (κ2) is 9.65. The van der Waals surface area contributed by atoms with Gasteiger partial charge in [0.15, 0.2) is 0 Å². The summed E-state index contributed by atoms with van der Waals surface area (Å²) in [6, 6.07) is 22.1. The molecular formula is C28H25FN4O3. The van der Waals surface area contributed by atoms with Crippen molar-refractivity contribution in [3.63, 3.8) is 0 Å². The van der Waals surface area contributed by atoms with E-state index in [1.165, 1.54) is 21.9 Å². The lowest BCUT2D eigenvalue weighted by Gasteiger charge is -2.31. The number of anilines is 1. The Hall–Kier alpha value is -4.46. The van der Waals surface area contributed by atoms with Crippen molar-refractivity contribution in [1.82, 2.24) is 15.1 Å². The molecule has 0 radical (unpaired) electrons. The highest BCUT2D eigenvalue weighted by atomic mass is 19.1. The van der Waals surface area contributed by atoms with Gasteiger partial charge in [-0.25, -0.2) is 9.18 Å². The Morgan fingerprint density at radius 3 is 2.44 bits per heavy atom. The van der Waals surface area contributed by atoms with E-state index in [4.69, 9.17) is 0 Å². The lowest BCUT2D eigenvalue weighted by Crippen LogP contribution is -2.45. The Bertz CT molecular complexity index is 1350. The van der Waals surface area contributed by atoms with Gasteiger partial charge in [0.1, 0.15) is 12.4 Å². The van der Waals surface area contributed by atoms with Gasteiger partial charge in [-0.2, -0.15) is 0 Å². The minimum atomic E-state index is -0.712. The highest BCUT2D eigenvalue weighted by Gasteiger charge is 2.43. The second-order valence-electron chi connectivity index (χ2n) is 8.88. The standard InChI is InChI=1S/C28H25FN4O3/c1-32-23-16-33(27(35)25(23)26(31-28(32)36)19-11-13-21(29)14-12-19)17-24(34)30-22-10-6-5-9-20(22)15-18-7-3-2-4-8-18/h2-14,26H,15-17H2,1H3,(H,30,34)(H,31,36)/t26-/m0/s1. The molecule has 0 saturated heterocycles. The summed E-state index contributed by atoms with van der Waals surface area (Å²) in [5.41, 5.74) is 4.30. The quantitative estimate of drug-likeness (QED) is 0.558. The van der Waals surface area contributed by atoms with Gasteiger partial charge in [0, 0.05) is 12.7 Å². The number of halogens is 1. The molecule has 2 aliphatic rings. The normalized spacial score (nSPS) is 17.2. The Balaban J connectivity index is 1.32. The molecule has 0 fully saturated rings. The largest absolute Gasteiger partial charge is 0.327 e. The first-order valence-corrected chi connectivity index (χ1v) is 11.6. The van der Waals surface area contributed by atoms with Gasteiger partial charge in [-0.15, -0.1) is 0 Å². The van der Waals surface area contributed by atoms with E-state index in [0.717, 1.165) is 11.1 Å². The smallest absolute Gasteiger partial charge is 0.322 e. The summed E-state index contributed by atoms with van der Waals surface area (Å²) in [4.78, 5) is 41.7. The maximum atomic E-state index is 13.4. The van der Waals surface area contributed by atoms with Crippen LogP contribution in [0.5, 0.6) is 0 Å². The van der Waals surface area contributed by atoms with E-state index < -0.39 is 11.9 Å². The van der Waals surface area contributed by atoms with Crippen LogP contribution < -0.4 is 10.6 Å². The fourth-order valence-corrected chi connectivity index (χ4v) is 4.63. The van der Waals surface area contributed by atoms with Crippen LogP contribution in [0, 0.1) is 5.82 Å². The average Bonchev–Trinajstić information content (AvgIpc) is 3.20. The first-order chi connectivity index (χ1) is 17.4. The van der Waals surface area contributed by atoms with Crippen LogP contribution in [0.15, 0.2) is 90.1 Å². The summed E-state index contributed by atoms with van der Waals surface area (Å²) < 4.78 is 13.4. The fraction of sp³-hybridized carbons (Fsp3) is 0.179. The minimum Gasteiger partial charge on any atom is -0.327 e. The molecule has 2 N–H and O–H groups in total. The van der Waals surface area contributed by atoms with Gasteiger partial charge in [0.05, 0.1) is 23.9 Å². The average molecular weight is 485 g/mol. The maximum Gasteiger partial charge on any atom is 0.322 e. The van der Waals surface area contributed by atoms with Crippen molar-refractivity contribution in [3.8, 4) is 0 Å². The van der Waals surface area contributed by atoms with Crippen molar-refractivity contribution < 1.29 is 18.8 Å². The summed E-state index contributed by atoms with van der Waals surface area (Å²) in [5.74, 6) is -1.07. The Labute approximate surface area is 208 Å². The highest BCUT2D eigenvalue weighted by molar-refractivity contribution is 6.04. The van der Waals surface area contributed by atoms with E-state index >= 15 is 0 Å². The summed E-state index contributed by atoms with van der Waals surface area (Å²) >= 11 is 0. The molecule has 5 rings (SSSR count). The van der Waals surface area contributed by atoms with Crippen molar-refractivity contribution in [3.05, 3.63) is 113 Å². The summed E-state index contributed by atoms with van der Waals surface area (Å²) in [6.07, 6.45) is 0.660. The summed E-state index contributed by atoms with van der Waals surface area (Å²) in [5, 5.41) is 5.75. The van der Waals surface area contributed by atoms with Crippen LogP contribution in [0.1, 0.15) is 22.7 Å². The molecule has 2 heterocycles. The van der Waals surface area contributed by atoms with Crippen LogP contribution in [0.3, 0.4) is 0 Å². The van der Waals surface area contributed by atoms with Gasteiger partial charge < -0.3 is 15.5 Å². The van der Waals surface area contributed by atoms with E-state index in [1.807, 2.05) is 54.6 Å². The molecule has 2 aliphatic heterocycles. The first kappa shape index (κ1) is 23.3. The predicted molar refractivity (Wildman–Crippen MR) is 133 cm³/mol. The molecule has 3 aromatic carbocycles. The molecule has 0 aromatic heterocycles. The number of hydrogen-bond acceptors (Lipinski definition) is 3. The number of hydrogen-bond donors (Lipinski definition) is 2. The van der Waals surface area contributed by atoms with Crippen LogP contribution in [0.4, 0.5) is 14.9 Å². The molecule has 0 saturated carbocycles. The van der Waals surface area contributed by atoms with Crippen molar-refractivity contribution in [2.24, 2.45) is 0 Å². The first-order valence-electron chi connectivity index (χ1n) is 11.6. The summed E-state index contributed by atoms with van der Waals surface area (Å²) in [6.45, 7) is -0.0292. The number of carbonyl (C=O) groups excluding carboxylic acids is 3. The molecule has 8 heteroatoms. The van der Waals surface area contributed by atoms with E-state index in [1.54, 1.807) is 19.2 Å². The lowest BCUT2D eigenvalue weighted by molar-refractivity contribution is -0.130. The molecule has 0 unspecified atom stereocenters. The van der Waals surface area contributed by atoms with Crippen LogP contribution in [0.25, 0.3) is 0 Å². The van der Waals surface area contributed by atoms with Crippen molar-refractivity contribution in [2.75, 3.05) is 25.5 Å². The van der Waals surface area contributed by atoms with Crippen molar-refractivity contribution >= 4 is 23.5 Å². The van der Waals surface area contributed by atoms with Gasteiger partial charge in [0.25, 0.3) is 5.91 Å². The van der Waals surface area contributed by atoms with Crippen LogP contribution in [0.2, 0.25) is 0 Å². The molecule has 4 amide bonds. The van der Waals surface area contributed by atoms with Gasteiger partial charge in [0.2, 0.25) is 5.91 Å². The second-order valence-corrected chi connectivity index (χ2v) is 8.88. The van der Waals surface area contributed by atoms with E-state index in [2.05, 4.69) is 10.6 Å². The number of amides is 4. The molecule has 0 aliphatic carbocycles. The molecule has 0 bridgehead atoms. The maximum absolute atomic E-state index is 13.4. The number of nitrogens with zero attached hydrogens (tertiary/aromatic N) is 2. The van der Waals surface area contributed by atoms with Crippen molar-refractivity contribution in [2.45, 2.75) is 12.5 Å². The molecule has 0 spiro atoms. The molecule has 1 atom stereocenters. The van der Waals surface area contributed by atoms with Crippen molar-refractivity contribution in [1.29, 1.82) is 0 Å². The van der Waals surface area contributed by atoms with Crippen LogP contribution in [-0.2, 0) is 16.0 Å². The third kappa shape index (κ3) is 4.57. The third-order valence-corrected chi connectivity index (χ3v) is 6.50. The molecule has 36 heavy (non-hydrogen) atoms. The number of rotatable bonds is 6. The van der Waals surface area contributed by atoms with Gasteiger partial charge in [-0.1, -0.05) is 60.7 Å². The van der Waals surface area contributed by atoms with Crippen LogP contribution >= 0.6 is 0 Å². The Kier molecular flexibility index (Phi) is 6.25. The van der Waals surface area contributed by atoms with Gasteiger partial charge >= 0.3 is 6.03 Å². The minimum absolute atomic E-state index is 0.134. The predicted octanol–water partition coefficient (Wildman–Crippen LogP) is 3.85. The Morgan fingerprint density at radius 2 is 1.69 bits per heavy atom. The van der Waals surface area contributed by atoms with Gasteiger partial charge in [-0.3, -0.25) is 14.5 Å². The third-order valence-electron chi connectivity index (χ3n) is 6.50. The highest BCUT2D eigenvalue weighted by Crippen LogP contribution is 2.35. The number of para-hydroxylation sites is 1. The lowest BCUT2D eigenvalue weighted by atomic mass is 9.96. The fourth-order valence-electron chi connectivity index (χ4n) is 4.63. The van der Waals surface area contributed by atoms with Gasteiger partial charge in [-0.05, 0) is 41.3 Å². The van der Waals surface area contributed by atoms with E-state index in [-0.39, 0.29) is 30.9 Å². The zero-order valence-corrected chi connectivity index (χ0v) is 19.7.